The molecule has 5 heteroatoms. The number of hydrogen-bond donors (Lipinski definition) is 2. The minimum atomic E-state index is -0.301. The molecule has 0 bridgehead atoms. The highest BCUT2D eigenvalue weighted by Crippen LogP contribution is 2.10. The zero-order chi connectivity index (χ0) is 13.0. The molecule has 0 radical (unpaired) electrons. The number of benzene rings is 1. The fraction of sp³-hybridized carbons (Fsp3) is 0.0769. The largest absolute Gasteiger partial charge is 0.347 e. The molecule has 1 heterocycles. The van der Waals surface area contributed by atoms with E-state index in [1.807, 2.05) is 0 Å². The van der Waals surface area contributed by atoms with Gasteiger partial charge in [0.1, 0.15) is 11.5 Å². The quantitative estimate of drug-likeness (QED) is 0.834. The number of nitrogens with zero attached hydrogens (tertiary/aromatic N) is 1. The van der Waals surface area contributed by atoms with Gasteiger partial charge < -0.3 is 5.32 Å². The Morgan fingerprint density at radius 3 is 2.67 bits per heavy atom. The van der Waals surface area contributed by atoms with Crippen LogP contribution in [0.25, 0.3) is 0 Å². The number of aromatic nitrogens is 1. The number of rotatable bonds is 3. The lowest BCUT2D eigenvalue weighted by molar-refractivity contribution is 0.0943. The fourth-order valence-corrected chi connectivity index (χ4v) is 1.69. The van der Waals surface area contributed by atoms with Crippen LogP contribution >= 0.6 is 12.6 Å². The molecule has 0 saturated heterocycles. The standard InChI is InChI=1S/C13H11FN2OS/c14-10-5-3-9(4-6-10)8-16-13(17)12-11(18)2-1-7-15-12/h1-7,18H,8H2,(H,16,17). The van der Waals surface area contributed by atoms with E-state index in [9.17, 15) is 9.18 Å². The molecule has 92 valence electrons. The third kappa shape index (κ3) is 3.07. The summed E-state index contributed by atoms with van der Waals surface area (Å²) in [5.74, 6) is -0.600. The number of nitrogens with one attached hydrogen (secondary N) is 1. The molecule has 0 spiro atoms. The Morgan fingerprint density at radius 1 is 1.28 bits per heavy atom. The Labute approximate surface area is 109 Å². The van der Waals surface area contributed by atoms with Crippen LogP contribution in [0, 0.1) is 5.82 Å². The maximum absolute atomic E-state index is 12.7. The predicted molar refractivity (Wildman–Crippen MR) is 69.1 cm³/mol. The van der Waals surface area contributed by atoms with Crippen molar-refractivity contribution in [3.63, 3.8) is 0 Å². The summed E-state index contributed by atoms with van der Waals surface area (Å²) in [6, 6.07) is 9.35. The summed E-state index contributed by atoms with van der Waals surface area (Å²) in [6.45, 7) is 0.322. The number of pyridine rings is 1. The van der Waals surface area contributed by atoms with Crippen LogP contribution in [0.2, 0.25) is 0 Å². The Bertz CT molecular complexity index is 557. The summed E-state index contributed by atoms with van der Waals surface area (Å²) in [4.78, 5) is 16.3. The average molecular weight is 262 g/mol. The molecule has 0 unspecified atom stereocenters. The molecule has 0 fully saturated rings. The monoisotopic (exact) mass is 262 g/mol. The van der Waals surface area contributed by atoms with E-state index in [0.29, 0.717) is 11.4 Å². The Kier molecular flexibility index (Phi) is 3.94. The van der Waals surface area contributed by atoms with Gasteiger partial charge in [0.25, 0.3) is 5.91 Å². The minimum Gasteiger partial charge on any atom is -0.347 e. The first-order valence-corrected chi connectivity index (χ1v) is 5.78. The highest BCUT2D eigenvalue weighted by molar-refractivity contribution is 7.80. The van der Waals surface area contributed by atoms with E-state index in [1.54, 1.807) is 24.3 Å². The maximum Gasteiger partial charge on any atom is 0.271 e. The van der Waals surface area contributed by atoms with Gasteiger partial charge >= 0.3 is 0 Å². The molecule has 0 saturated carbocycles. The van der Waals surface area contributed by atoms with Crippen molar-refractivity contribution < 1.29 is 9.18 Å². The number of halogens is 1. The van der Waals surface area contributed by atoms with Crippen LogP contribution in [0.5, 0.6) is 0 Å². The van der Waals surface area contributed by atoms with E-state index >= 15 is 0 Å². The number of amides is 1. The minimum absolute atomic E-state index is 0.281. The Hall–Kier alpha value is -1.88. The van der Waals surface area contributed by atoms with Crippen molar-refractivity contribution >= 4 is 18.5 Å². The third-order valence-electron chi connectivity index (χ3n) is 2.37. The first kappa shape index (κ1) is 12.6. The second-order valence-electron chi connectivity index (χ2n) is 3.68. The van der Waals surface area contributed by atoms with Gasteiger partial charge in [-0.3, -0.25) is 4.79 Å². The summed E-state index contributed by atoms with van der Waals surface area (Å²) in [7, 11) is 0. The summed E-state index contributed by atoms with van der Waals surface area (Å²) < 4.78 is 12.7. The van der Waals surface area contributed by atoms with E-state index in [2.05, 4.69) is 22.9 Å². The summed E-state index contributed by atoms with van der Waals surface area (Å²) in [5, 5.41) is 2.70. The van der Waals surface area contributed by atoms with Gasteiger partial charge in [0.05, 0.1) is 0 Å². The van der Waals surface area contributed by atoms with Crippen molar-refractivity contribution in [2.75, 3.05) is 0 Å². The molecule has 2 rings (SSSR count). The van der Waals surface area contributed by atoms with Gasteiger partial charge in [-0.1, -0.05) is 12.1 Å². The first-order chi connectivity index (χ1) is 8.66. The van der Waals surface area contributed by atoms with E-state index in [4.69, 9.17) is 0 Å². The van der Waals surface area contributed by atoms with Crippen LogP contribution in [0.15, 0.2) is 47.5 Å². The van der Waals surface area contributed by atoms with Gasteiger partial charge in [0, 0.05) is 17.6 Å². The van der Waals surface area contributed by atoms with Gasteiger partial charge in [0.2, 0.25) is 0 Å². The lowest BCUT2D eigenvalue weighted by Gasteiger charge is -2.06. The van der Waals surface area contributed by atoms with Crippen molar-refractivity contribution in [3.8, 4) is 0 Å². The number of carbonyl (C=O) groups excluding carboxylic acids is 1. The van der Waals surface area contributed by atoms with Crippen LogP contribution in [-0.2, 0) is 6.54 Å². The van der Waals surface area contributed by atoms with Crippen molar-refractivity contribution in [1.82, 2.24) is 10.3 Å². The van der Waals surface area contributed by atoms with Crippen molar-refractivity contribution in [3.05, 3.63) is 59.7 Å². The highest BCUT2D eigenvalue weighted by atomic mass is 32.1. The van der Waals surface area contributed by atoms with Gasteiger partial charge in [-0.15, -0.1) is 12.6 Å². The van der Waals surface area contributed by atoms with E-state index in [0.717, 1.165) is 5.56 Å². The van der Waals surface area contributed by atoms with Crippen LogP contribution in [0.3, 0.4) is 0 Å². The zero-order valence-electron chi connectivity index (χ0n) is 9.43. The molecule has 0 aliphatic carbocycles. The van der Waals surface area contributed by atoms with Crippen LogP contribution in [0.1, 0.15) is 16.1 Å². The first-order valence-electron chi connectivity index (χ1n) is 5.33. The second-order valence-corrected chi connectivity index (χ2v) is 4.16. The summed E-state index contributed by atoms with van der Waals surface area (Å²) in [5.41, 5.74) is 1.10. The van der Waals surface area contributed by atoms with Crippen molar-refractivity contribution in [2.24, 2.45) is 0 Å². The molecule has 0 aliphatic rings. The molecular formula is C13H11FN2OS. The summed E-state index contributed by atoms with van der Waals surface area (Å²) >= 11 is 4.16. The molecule has 0 aliphatic heterocycles. The SMILES string of the molecule is O=C(NCc1ccc(F)cc1)c1ncccc1S. The Balaban J connectivity index is 2.01. The van der Waals surface area contributed by atoms with Crippen LogP contribution in [0.4, 0.5) is 4.39 Å². The van der Waals surface area contributed by atoms with Gasteiger partial charge in [-0.25, -0.2) is 9.37 Å². The molecule has 2 aromatic rings. The molecule has 18 heavy (non-hydrogen) atoms. The fourth-order valence-electron chi connectivity index (χ4n) is 1.44. The van der Waals surface area contributed by atoms with E-state index in [1.165, 1.54) is 18.3 Å². The van der Waals surface area contributed by atoms with Crippen molar-refractivity contribution in [2.45, 2.75) is 11.4 Å². The average Bonchev–Trinajstić information content (AvgIpc) is 2.38. The zero-order valence-corrected chi connectivity index (χ0v) is 10.3. The van der Waals surface area contributed by atoms with Crippen molar-refractivity contribution in [1.29, 1.82) is 0 Å². The maximum atomic E-state index is 12.7. The lowest BCUT2D eigenvalue weighted by atomic mass is 10.2. The normalized spacial score (nSPS) is 10.1. The van der Waals surface area contributed by atoms with Crippen LogP contribution in [-0.4, -0.2) is 10.9 Å². The van der Waals surface area contributed by atoms with Gasteiger partial charge in [-0.05, 0) is 29.8 Å². The topological polar surface area (TPSA) is 42.0 Å². The number of thiol groups is 1. The number of carbonyl (C=O) groups is 1. The summed E-state index contributed by atoms with van der Waals surface area (Å²) in [6.07, 6.45) is 1.53. The Morgan fingerprint density at radius 2 is 2.00 bits per heavy atom. The predicted octanol–water partition coefficient (Wildman–Crippen LogP) is 2.44. The molecule has 1 aromatic carbocycles. The molecule has 3 nitrogen and oxygen atoms in total. The van der Waals surface area contributed by atoms with E-state index < -0.39 is 0 Å². The molecule has 1 N–H and O–H groups in total. The second kappa shape index (κ2) is 5.64. The number of hydrogen-bond acceptors (Lipinski definition) is 3. The lowest BCUT2D eigenvalue weighted by Crippen LogP contribution is -2.24. The third-order valence-corrected chi connectivity index (χ3v) is 2.73. The van der Waals surface area contributed by atoms with Gasteiger partial charge in [-0.2, -0.15) is 0 Å². The van der Waals surface area contributed by atoms with E-state index in [-0.39, 0.29) is 17.4 Å². The molecule has 1 aromatic heterocycles. The molecular weight excluding hydrogens is 251 g/mol. The smallest absolute Gasteiger partial charge is 0.271 e. The van der Waals surface area contributed by atoms with Gasteiger partial charge in [0.15, 0.2) is 0 Å². The van der Waals surface area contributed by atoms with Crippen LogP contribution < -0.4 is 5.32 Å². The molecule has 1 amide bonds. The molecule has 0 atom stereocenters. The highest BCUT2D eigenvalue weighted by Gasteiger charge is 2.09.